The molecule has 1 aromatic carbocycles. The van der Waals surface area contributed by atoms with Crippen LogP contribution in [0.15, 0.2) is 73.1 Å². The minimum absolute atomic E-state index is 0.155. The van der Waals surface area contributed by atoms with E-state index in [0.717, 1.165) is 24.3 Å². The number of carbonyl (C=O) groups is 1. The second-order valence-corrected chi connectivity index (χ2v) is 8.29. The smallest absolute Gasteiger partial charge is 0.270 e. The molecule has 0 bridgehead atoms. The summed E-state index contributed by atoms with van der Waals surface area (Å²) in [7, 11) is 0. The Morgan fingerprint density at radius 3 is 2.00 bits per heavy atom. The van der Waals surface area contributed by atoms with Crippen LogP contribution < -0.4 is 16.0 Å². The molecule has 2 heterocycles. The summed E-state index contributed by atoms with van der Waals surface area (Å²) in [5.41, 5.74) is 3.85. The van der Waals surface area contributed by atoms with Crippen molar-refractivity contribution in [1.29, 1.82) is 0 Å². The van der Waals surface area contributed by atoms with Crippen molar-refractivity contribution < 1.29 is 4.79 Å². The molecular formula is C26H31N5O. The van der Waals surface area contributed by atoms with Crippen LogP contribution in [0.3, 0.4) is 0 Å². The maximum absolute atomic E-state index is 12.1. The summed E-state index contributed by atoms with van der Waals surface area (Å²) < 4.78 is 0. The fraction of sp³-hybridized carbons (Fsp3) is 0.346. The van der Waals surface area contributed by atoms with Gasteiger partial charge in [-0.25, -0.2) is 0 Å². The van der Waals surface area contributed by atoms with E-state index < -0.39 is 0 Å². The van der Waals surface area contributed by atoms with Crippen molar-refractivity contribution in [3.63, 3.8) is 0 Å². The molecular weight excluding hydrogens is 398 g/mol. The molecule has 3 aromatic rings. The van der Waals surface area contributed by atoms with E-state index in [9.17, 15) is 4.79 Å². The lowest BCUT2D eigenvalue weighted by Crippen LogP contribution is -2.49. The van der Waals surface area contributed by atoms with Crippen molar-refractivity contribution in [3.05, 3.63) is 95.6 Å². The number of pyridine rings is 2. The fourth-order valence-corrected chi connectivity index (χ4v) is 4.15. The van der Waals surface area contributed by atoms with Crippen molar-refractivity contribution in [2.45, 2.75) is 57.4 Å². The molecule has 2 unspecified atom stereocenters. The van der Waals surface area contributed by atoms with Crippen LogP contribution in [0.2, 0.25) is 0 Å². The molecule has 3 N–H and O–H groups in total. The first-order valence-corrected chi connectivity index (χ1v) is 11.4. The quantitative estimate of drug-likeness (QED) is 0.484. The van der Waals surface area contributed by atoms with Crippen LogP contribution in [-0.4, -0.2) is 28.0 Å². The Hall–Kier alpha value is -3.09. The molecule has 2 atom stereocenters. The Labute approximate surface area is 189 Å². The second kappa shape index (κ2) is 11.5. The van der Waals surface area contributed by atoms with Gasteiger partial charge in [0.15, 0.2) is 0 Å². The third kappa shape index (κ3) is 6.45. The Bertz CT molecular complexity index is 963. The van der Waals surface area contributed by atoms with E-state index in [1.54, 1.807) is 18.3 Å². The molecule has 32 heavy (non-hydrogen) atoms. The third-order valence-corrected chi connectivity index (χ3v) is 5.98. The zero-order valence-corrected chi connectivity index (χ0v) is 18.3. The molecule has 1 saturated carbocycles. The van der Waals surface area contributed by atoms with Crippen LogP contribution in [-0.2, 0) is 19.6 Å². The lowest BCUT2D eigenvalue weighted by Gasteiger charge is -2.33. The van der Waals surface area contributed by atoms with Gasteiger partial charge in [-0.1, -0.05) is 49.2 Å². The highest BCUT2D eigenvalue weighted by molar-refractivity contribution is 5.92. The van der Waals surface area contributed by atoms with Gasteiger partial charge in [-0.15, -0.1) is 0 Å². The predicted octanol–water partition coefficient (Wildman–Crippen LogP) is 3.60. The second-order valence-electron chi connectivity index (χ2n) is 8.29. The topological polar surface area (TPSA) is 78.9 Å². The van der Waals surface area contributed by atoms with Gasteiger partial charge in [0.1, 0.15) is 5.69 Å². The van der Waals surface area contributed by atoms with Crippen LogP contribution in [0.25, 0.3) is 0 Å². The Balaban J connectivity index is 1.24. The summed E-state index contributed by atoms with van der Waals surface area (Å²) >= 11 is 0. The molecule has 4 rings (SSSR count). The summed E-state index contributed by atoms with van der Waals surface area (Å²) in [6.45, 7) is 2.14. The lowest BCUT2D eigenvalue weighted by molar-refractivity contribution is 0.0946. The molecule has 1 amide bonds. The number of aromatic nitrogens is 2. The van der Waals surface area contributed by atoms with E-state index in [4.69, 9.17) is 0 Å². The molecule has 0 radical (unpaired) electrons. The first-order valence-electron chi connectivity index (χ1n) is 11.4. The van der Waals surface area contributed by atoms with E-state index in [1.807, 2.05) is 24.4 Å². The number of hydrogen-bond donors (Lipinski definition) is 3. The van der Waals surface area contributed by atoms with Gasteiger partial charge in [0.25, 0.3) is 5.91 Å². The highest BCUT2D eigenvalue weighted by Gasteiger charge is 2.24. The van der Waals surface area contributed by atoms with Crippen molar-refractivity contribution in [2.75, 3.05) is 0 Å². The minimum atomic E-state index is -0.155. The lowest BCUT2D eigenvalue weighted by atomic mass is 9.90. The average Bonchev–Trinajstić information content (AvgIpc) is 2.87. The fourth-order valence-electron chi connectivity index (χ4n) is 4.15. The Kier molecular flexibility index (Phi) is 7.95. The average molecular weight is 430 g/mol. The van der Waals surface area contributed by atoms with Gasteiger partial charge in [-0.3, -0.25) is 14.8 Å². The van der Waals surface area contributed by atoms with Crippen LogP contribution >= 0.6 is 0 Å². The van der Waals surface area contributed by atoms with Gasteiger partial charge in [0.05, 0.1) is 5.69 Å². The molecule has 0 spiro atoms. The van der Waals surface area contributed by atoms with Gasteiger partial charge < -0.3 is 16.0 Å². The highest BCUT2D eigenvalue weighted by atomic mass is 16.1. The highest BCUT2D eigenvalue weighted by Crippen LogP contribution is 2.19. The van der Waals surface area contributed by atoms with Crippen LogP contribution in [0.4, 0.5) is 0 Å². The van der Waals surface area contributed by atoms with Gasteiger partial charge in [-0.2, -0.15) is 0 Å². The van der Waals surface area contributed by atoms with Gasteiger partial charge >= 0.3 is 0 Å². The molecule has 6 heteroatoms. The summed E-state index contributed by atoms with van der Waals surface area (Å²) in [6, 6.07) is 20.7. The number of amides is 1. The summed E-state index contributed by atoms with van der Waals surface area (Å²) in [5, 5.41) is 10.4. The van der Waals surface area contributed by atoms with E-state index in [1.165, 1.54) is 31.2 Å². The number of carbonyl (C=O) groups excluding carboxylic acids is 1. The molecule has 1 fully saturated rings. The van der Waals surface area contributed by atoms with Crippen molar-refractivity contribution in [1.82, 2.24) is 25.9 Å². The SMILES string of the molecule is O=C(NCc1ccc(CNC2CCCCC2NCc2ccccn2)cc1)c1ccccn1. The number of rotatable bonds is 9. The Morgan fingerprint density at radius 2 is 1.38 bits per heavy atom. The number of hydrogen-bond acceptors (Lipinski definition) is 5. The summed E-state index contributed by atoms with van der Waals surface area (Å²) in [5.74, 6) is -0.155. The maximum atomic E-state index is 12.1. The normalized spacial score (nSPS) is 18.2. The predicted molar refractivity (Wildman–Crippen MR) is 126 cm³/mol. The zero-order chi connectivity index (χ0) is 22.0. The van der Waals surface area contributed by atoms with Crippen LogP contribution in [0.5, 0.6) is 0 Å². The first kappa shape index (κ1) is 22.1. The molecule has 0 saturated heterocycles. The molecule has 0 aliphatic heterocycles. The van der Waals surface area contributed by atoms with Gasteiger partial charge in [0, 0.05) is 44.1 Å². The molecule has 1 aliphatic rings. The molecule has 2 aromatic heterocycles. The zero-order valence-electron chi connectivity index (χ0n) is 18.3. The van der Waals surface area contributed by atoms with Gasteiger partial charge in [0.2, 0.25) is 0 Å². The van der Waals surface area contributed by atoms with E-state index in [2.05, 4.69) is 56.3 Å². The maximum Gasteiger partial charge on any atom is 0.270 e. The third-order valence-electron chi connectivity index (χ3n) is 5.98. The molecule has 1 aliphatic carbocycles. The monoisotopic (exact) mass is 429 g/mol. The minimum Gasteiger partial charge on any atom is -0.347 e. The molecule has 166 valence electrons. The van der Waals surface area contributed by atoms with Crippen molar-refractivity contribution in [2.24, 2.45) is 0 Å². The number of nitrogens with zero attached hydrogens (tertiary/aromatic N) is 2. The largest absolute Gasteiger partial charge is 0.347 e. The first-order chi connectivity index (χ1) is 15.8. The van der Waals surface area contributed by atoms with Crippen LogP contribution in [0.1, 0.15) is 53.0 Å². The Morgan fingerprint density at radius 1 is 0.750 bits per heavy atom. The summed E-state index contributed by atoms with van der Waals surface area (Å²) in [4.78, 5) is 20.6. The standard InChI is InChI=1S/C26H31N5O/c32-26(25-10-4-6-16-28-25)31-18-21-13-11-20(12-14-21)17-29-23-8-1-2-9-24(23)30-19-22-7-3-5-15-27-22/h3-7,10-16,23-24,29-30H,1-2,8-9,17-19H2,(H,31,32). The van der Waals surface area contributed by atoms with Crippen molar-refractivity contribution >= 4 is 5.91 Å². The van der Waals surface area contributed by atoms with E-state index >= 15 is 0 Å². The van der Waals surface area contributed by atoms with E-state index in [-0.39, 0.29) is 5.91 Å². The van der Waals surface area contributed by atoms with Crippen LogP contribution in [0, 0.1) is 0 Å². The molecule has 6 nitrogen and oxygen atoms in total. The number of nitrogens with one attached hydrogen (secondary N) is 3. The van der Waals surface area contributed by atoms with Gasteiger partial charge in [-0.05, 0) is 48.2 Å². The van der Waals surface area contributed by atoms with E-state index in [0.29, 0.717) is 24.3 Å². The summed E-state index contributed by atoms with van der Waals surface area (Å²) in [6.07, 6.45) is 8.41. The number of benzene rings is 1. The van der Waals surface area contributed by atoms with Crippen molar-refractivity contribution in [3.8, 4) is 0 Å².